The van der Waals surface area contributed by atoms with Gasteiger partial charge in [-0.3, -0.25) is 9.69 Å². The van der Waals surface area contributed by atoms with E-state index in [1.807, 2.05) is 0 Å². The minimum atomic E-state index is -0.480. The van der Waals surface area contributed by atoms with Crippen molar-refractivity contribution in [1.82, 2.24) is 4.90 Å². The van der Waals surface area contributed by atoms with Gasteiger partial charge < -0.3 is 0 Å². The third kappa shape index (κ3) is 1.29. The highest BCUT2D eigenvalue weighted by molar-refractivity contribution is 7.80. The van der Waals surface area contributed by atoms with Gasteiger partial charge in [0.1, 0.15) is 5.83 Å². The summed E-state index contributed by atoms with van der Waals surface area (Å²) in [5.41, 5.74) is 0.387. The molecule has 0 aromatic heterocycles. The minimum Gasteiger partial charge on any atom is -0.290 e. The number of nitrogens with zero attached hydrogens (tertiary/aromatic N) is 2. The van der Waals surface area contributed by atoms with Crippen LogP contribution >= 0.6 is 12.2 Å². The molecule has 5 heteroatoms. The van der Waals surface area contributed by atoms with Crippen LogP contribution in [0.1, 0.15) is 0 Å². The number of aliphatic imine (C=N–C) groups is 1. The van der Waals surface area contributed by atoms with Gasteiger partial charge in [-0.05, 0) is 24.4 Å². The smallest absolute Gasteiger partial charge is 0.241 e. The zero-order valence-electron chi connectivity index (χ0n) is 7.40. The molecule has 0 spiro atoms. The topological polar surface area (TPSA) is 32.7 Å². The van der Waals surface area contributed by atoms with Gasteiger partial charge in [0.2, 0.25) is 11.0 Å². The fraction of sp³-hybridized carbons (Fsp3) is 0.222. The van der Waals surface area contributed by atoms with Gasteiger partial charge in [-0.15, -0.1) is 0 Å². The number of halogens is 1. The van der Waals surface area contributed by atoms with Gasteiger partial charge in [-0.2, -0.15) is 0 Å². The Balaban J connectivity index is 2.47. The second kappa shape index (κ2) is 3.09. The van der Waals surface area contributed by atoms with E-state index in [1.165, 1.54) is 23.1 Å². The summed E-state index contributed by atoms with van der Waals surface area (Å²) >= 11 is 4.85. The summed E-state index contributed by atoms with van der Waals surface area (Å²) in [5.74, 6) is -1.05. The lowest BCUT2D eigenvalue weighted by Gasteiger charge is -2.27. The standard InChI is InChI=1S/C9H7FN2OS/c1-12-8(13)6-3-2-5(10)4-7(6)11-9(12)14/h2-4,6H,1H3. The van der Waals surface area contributed by atoms with Crippen LogP contribution < -0.4 is 0 Å². The lowest BCUT2D eigenvalue weighted by Crippen LogP contribution is -2.43. The summed E-state index contributed by atoms with van der Waals surface area (Å²) in [7, 11) is 1.56. The van der Waals surface area contributed by atoms with Crippen molar-refractivity contribution in [2.75, 3.05) is 7.05 Å². The lowest BCUT2D eigenvalue weighted by molar-refractivity contribution is -0.127. The van der Waals surface area contributed by atoms with Crippen molar-refractivity contribution in [3.05, 3.63) is 24.1 Å². The second-order valence-corrected chi connectivity index (χ2v) is 3.45. The molecule has 0 bridgehead atoms. The highest BCUT2D eigenvalue weighted by Gasteiger charge is 2.32. The monoisotopic (exact) mass is 210 g/mol. The Kier molecular flexibility index (Phi) is 2.03. The van der Waals surface area contributed by atoms with Crippen molar-refractivity contribution >= 4 is 28.9 Å². The molecule has 1 heterocycles. The van der Waals surface area contributed by atoms with Crippen LogP contribution in [0.25, 0.3) is 0 Å². The van der Waals surface area contributed by atoms with E-state index < -0.39 is 11.7 Å². The van der Waals surface area contributed by atoms with Crippen molar-refractivity contribution in [3.63, 3.8) is 0 Å². The Morgan fingerprint density at radius 1 is 1.64 bits per heavy atom. The van der Waals surface area contributed by atoms with Gasteiger partial charge >= 0.3 is 0 Å². The number of thiocarbonyl (C=S) groups is 1. The number of hydrogen-bond donors (Lipinski definition) is 0. The van der Waals surface area contributed by atoms with Crippen LogP contribution in [0.4, 0.5) is 4.39 Å². The summed E-state index contributed by atoms with van der Waals surface area (Å²) in [6.07, 6.45) is 4.00. The summed E-state index contributed by atoms with van der Waals surface area (Å²) in [5, 5.41) is 0.181. The van der Waals surface area contributed by atoms with E-state index in [1.54, 1.807) is 7.05 Å². The van der Waals surface area contributed by atoms with Crippen LogP contribution in [0.3, 0.4) is 0 Å². The van der Waals surface area contributed by atoms with Crippen molar-refractivity contribution in [2.45, 2.75) is 0 Å². The van der Waals surface area contributed by atoms with Crippen LogP contribution in [-0.2, 0) is 4.79 Å². The highest BCUT2D eigenvalue weighted by atomic mass is 32.1. The van der Waals surface area contributed by atoms with E-state index in [-0.39, 0.29) is 11.0 Å². The summed E-state index contributed by atoms with van der Waals surface area (Å²) in [6.45, 7) is 0. The predicted octanol–water partition coefficient (Wildman–Crippen LogP) is 1.22. The first-order chi connectivity index (χ1) is 6.59. The van der Waals surface area contributed by atoms with Crippen molar-refractivity contribution in [2.24, 2.45) is 10.9 Å². The molecule has 2 rings (SSSR count). The maximum atomic E-state index is 12.8. The molecule has 0 aromatic rings. The SMILES string of the molecule is CN1C(=O)C2C=CC(F)=CC2=NC1=S. The molecule has 2 aliphatic rings. The third-order valence-corrected chi connectivity index (χ3v) is 2.53. The second-order valence-electron chi connectivity index (χ2n) is 3.08. The average molecular weight is 210 g/mol. The van der Waals surface area contributed by atoms with Crippen molar-refractivity contribution in [3.8, 4) is 0 Å². The lowest BCUT2D eigenvalue weighted by atomic mass is 9.95. The summed E-state index contributed by atoms with van der Waals surface area (Å²) in [6, 6.07) is 0. The van der Waals surface area contributed by atoms with Crippen LogP contribution in [0.2, 0.25) is 0 Å². The highest BCUT2D eigenvalue weighted by Crippen LogP contribution is 2.21. The van der Waals surface area contributed by atoms with Crippen LogP contribution in [0.5, 0.6) is 0 Å². The van der Waals surface area contributed by atoms with Crippen LogP contribution in [-0.4, -0.2) is 28.7 Å². The van der Waals surface area contributed by atoms with Gasteiger partial charge in [-0.25, -0.2) is 9.38 Å². The van der Waals surface area contributed by atoms with Crippen LogP contribution in [0.15, 0.2) is 29.0 Å². The Morgan fingerprint density at radius 3 is 3.07 bits per heavy atom. The number of carbonyl (C=O) groups is 1. The number of amides is 1. The molecular formula is C9H7FN2OS. The maximum absolute atomic E-state index is 12.8. The Hall–Kier alpha value is -1.36. The molecule has 14 heavy (non-hydrogen) atoms. The minimum absolute atomic E-state index is 0.167. The van der Waals surface area contributed by atoms with E-state index in [2.05, 4.69) is 4.99 Å². The first-order valence-electron chi connectivity index (χ1n) is 4.05. The molecule has 0 saturated heterocycles. The van der Waals surface area contributed by atoms with Gasteiger partial charge in [0.05, 0.1) is 11.6 Å². The Morgan fingerprint density at radius 2 is 2.36 bits per heavy atom. The summed E-state index contributed by atoms with van der Waals surface area (Å²) < 4.78 is 12.8. The largest absolute Gasteiger partial charge is 0.290 e. The number of carbonyl (C=O) groups excluding carboxylic acids is 1. The van der Waals surface area contributed by atoms with Crippen LogP contribution in [0, 0.1) is 5.92 Å². The van der Waals surface area contributed by atoms with E-state index >= 15 is 0 Å². The fourth-order valence-corrected chi connectivity index (χ4v) is 1.56. The molecule has 0 fully saturated rings. The number of fused-ring (bicyclic) bond motifs is 1. The molecule has 0 saturated carbocycles. The quantitative estimate of drug-likeness (QED) is 0.563. The van der Waals surface area contributed by atoms with Crippen molar-refractivity contribution < 1.29 is 9.18 Å². The first kappa shape index (κ1) is 9.21. The molecule has 1 aliphatic carbocycles. The number of rotatable bonds is 0. The normalized spacial score (nSPS) is 25.9. The maximum Gasteiger partial charge on any atom is 0.241 e. The molecule has 3 nitrogen and oxygen atoms in total. The summed E-state index contributed by atoms with van der Waals surface area (Å²) in [4.78, 5) is 16.9. The zero-order chi connectivity index (χ0) is 10.3. The molecule has 1 amide bonds. The predicted molar refractivity (Wildman–Crippen MR) is 54.6 cm³/mol. The molecule has 72 valence electrons. The fourth-order valence-electron chi connectivity index (χ4n) is 1.36. The van der Waals surface area contributed by atoms with Gasteiger partial charge in [-0.1, -0.05) is 6.08 Å². The molecule has 1 aliphatic heterocycles. The number of hydrogen-bond acceptors (Lipinski definition) is 2. The van der Waals surface area contributed by atoms with E-state index in [9.17, 15) is 9.18 Å². The van der Waals surface area contributed by atoms with E-state index in [4.69, 9.17) is 12.2 Å². The van der Waals surface area contributed by atoms with Crippen molar-refractivity contribution in [1.29, 1.82) is 0 Å². The Bertz CT molecular complexity index is 411. The number of allylic oxidation sites excluding steroid dienone is 3. The molecule has 0 radical (unpaired) electrons. The molecular weight excluding hydrogens is 203 g/mol. The first-order valence-corrected chi connectivity index (χ1v) is 4.46. The Labute approximate surface area is 85.6 Å². The molecule has 0 N–H and O–H groups in total. The zero-order valence-corrected chi connectivity index (χ0v) is 8.21. The van der Waals surface area contributed by atoms with Gasteiger partial charge in [0, 0.05) is 7.05 Å². The van der Waals surface area contributed by atoms with Gasteiger partial charge in [0.25, 0.3) is 0 Å². The van der Waals surface area contributed by atoms with E-state index in [0.29, 0.717) is 5.71 Å². The average Bonchev–Trinajstić information content (AvgIpc) is 2.14. The molecule has 1 atom stereocenters. The third-order valence-electron chi connectivity index (χ3n) is 2.16. The molecule has 0 aromatic carbocycles. The molecule has 1 unspecified atom stereocenters. The van der Waals surface area contributed by atoms with Gasteiger partial charge in [0.15, 0.2) is 0 Å². The van der Waals surface area contributed by atoms with E-state index in [0.717, 1.165) is 0 Å².